The van der Waals surface area contributed by atoms with Crippen molar-refractivity contribution in [1.82, 2.24) is 9.55 Å². The molecule has 0 radical (unpaired) electrons. The number of amides is 1. The number of rotatable bonds is 7. The highest BCUT2D eigenvalue weighted by Gasteiger charge is 2.14. The molecule has 30 heavy (non-hydrogen) atoms. The van der Waals surface area contributed by atoms with Crippen LogP contribution in [0.5, 0.6) is 0 Å². The first-order valence-corrected chi connectivity index (χ1v) is 10.9. The first-order chi connectivity index (χ1) is 14.4. The zero-order valence-corrected chi connectivity index (χ0v) is 18.3. The number of benzene rings is 2. The van der Waals surface area contributed by atoms with Gasteiger partial charge >= 0.3 is 0 Å². The smallest absolute Gasteiger partial charge is 0.262 e. The first-order valence-electron chi connectivity index (χ1n) is 9.51. The van der Waals surface area contributed by atoms with E-state index >= 15 is 0 Å². The summed E-state index contributed by atoms with van der Waals surface area (Å²) >= 11 is 7.17. The average Bonchev–Trinajstić information content (AvgIpc) is 2.72. The van der Waals surface area contributed by atoms with Crippen molar-refractivity contribution in [2.24, 2.45) is 5.92 Å². The minimum atomic E-state index is -0.309. The van der Waals surface area contributed by atoms with Crippen molar-refractivity contribution in [2.75, 3.05) is 11.1 Å². The molecule has 0 unspecified atom stereocenters. The second kappa shape index (κ2) is 9.79. The third-order valence-corrected chi connectivity index (χ3v) is 5.68. The van der Waals surface area contributed by atoms with Crippen molar-refractivity contribution in [2.45, 2.75) is 32.0 Å². The van der Waals surface area contributed by atoms with Crippen LogP contribution in [0, 0.1) is 17.2 Å². The van der Waals surface area contributed by atoms with Gasteiger partial charge in [-0.1, -0.05) is 49.3 Å². The predicted octanol–water partition coefficient (Wildman–Crippen LogP) is 4.70. The van der Waals surface area contributed by atoms with Gasteiger partial charge in [-0.25, -0.2) is 4.98 Å². The Bertz CT molecular complexity index is 1180. The molecule has 154 valence electrons. The number of nitriles is 1. The number of carbonyl (C=O) groups excluding carboxylic acids is 1. The quantitative estimate of drug-likeness (QED) is 0.425. The molecule has 2 aromatic carbocycles. The van der Waals surface area contributed by atoms with Crippen LogP contribution in [-0.4, -0.2) is 21.2 Å². The summed E-state index contributed by atoms with van der Waals surface area (Å²) in [5.74, 6) is 0.164. The number of nitrogens with one attached hydrogen (secondary N) is 1. The molecule has 1 aromatic heterocycles. The van der Waals surface area contributed by atoms with Crippen LogP contribution in [0.3, 0.4) is 0 Å². The third-order valence-electron chi connectivity index (χ3n) is 4.47. The van der Waals surface area contributed by atoms with Crippen LogP contribution in [0.2, 0.25) is 5.02 Å². The molecule has 1 amide bonds. The van der Waals surface area contributed by atoms with Crippen LogP contribution < -0.4 is 10.9 Å². The Morgan fingerprint density at radius 3 is 2.80 bits per heavy atom. The Kier molecular flexibility index (Phi) is 7.14. The number of thioether (sulfide) groups is 1. The first kappa shape index (κ1) is 21.9. The van der Waals surface area contributed by atoms with Crippen LogP contribution in [0.1, 0.15) is 25.8 Å². The number of carbonyl (C=O) groups is 1. The Labute approximate surface area is 183 Å². The number of anilines is 1. The van der Waals surface area contributed by atoms with Crippen molar-refractivity contribution >= 4 is 45.9 Å². The minimum Gasteiger partial charge on any atom is -0.324 e. The minimum absolute atomic E-state index is 0.0455. The topological polar surface area (TPSA) is 87.8 Å². The molecule has 0 bridgehead atoms. The monoisotopic (exact) mass is 440 g/mol. The van der Waals surface area contributed by atoms with Gasteiger partial charge in [0, 0.05) is 11.6 Å². The molecular weight excluding hydrogens is 420 g/mol. The zero-order chi connectivity index (χ0) is 21.7. The van der Waals surface area contributed by atoms with Crippen molar-refractivity contribution < 1.29 is 4.79 Å². The van der Waals surface area contributed by atoms with Crippen LogP contribution in [0.15, 0.2) is 52.4 Å². The van der Waals surface area contributed by atoms with E-state index in [2.05, 4.69) is 24.1 Å². The fraction of sp³-hybridized carbons (Fsp3) is 0.273. The molecule has 0 aliphatic rings. The number of hydrogen-bond acceptors (Lipinski definition) is 5. The summed E-state index contributed by atoms with van der Waals surface area (Å²) in [6.45, 7) is 4.72. The predicted molar refractivity (Wildman–Crippen MR) is 121 cm³/mol. The van der Waals surface area contributed by atoms with Gasteiger partial charge < -0.3 is 5.32 Å². The third kappa shape index (κ3) is 5.21. The average molecular weight is 441 g/mol. The molecule has 0 atom stereocenters. The van der Waals surface area contributed by atoms with Gasteiger partial charge in [0.25, 0.3) is 5.56 Å². The normalized spacial score (nSPS) is 10.9. The van der Waals surface area contributed by atoms with E-state index in [9.17, 15) is 14.9 Å². The van der Waals surface area contributed by atoms with E-state index < -0.39 is 0 Å². The lowest BCUT2D eigenvalue weighted by atomic mass is 10.1. The molecular formula is C22H21ClN4O2S. The van der Waals surface area contributed by atoms with Crippen LogP contribution in [0.25, 0.3) is 10.9 Å². The van der Waals surface area contributed by atoms with Crippen molar-refractivity contribution in [3.05, 3.63) is 63.4 Å². The molecule has 0 aliphatic carbocycles. The van der Waals surface area contributed by atoms with E-state index in [1.807, 2.05) is 18.2 Å². The molecule has 8 heteroatoms. The van der Waals surface area contributed by atoms with Crippen LogP contribution in [0.4, 0.5) is 5.69 Å². The van der Waals surface area contributed by atoms with E-state index in [1.165, 1.54) is 17.8 Å². The largest absolute Gasteiger partial charge is 0.324 e. The lowest BCUT2D eigenvalue weighted by Gasteiger charge is -2.14. The molecule has 0 spiro atoms. The van der Waals surface area contributed by atoms with E-state index in [4.69, 9.17) is 11.6 Å². The lowest BCUT2D eigenvalue weighted by molar-refractivity contribution is -0.113. The molecule has 0 saturated carbocycles. The summed E-state index contributed by atoms with van der Waals surface area (Å²) in [7, 11) is 0. The fourth-order valence-electron chi connectivity index (χ4n) is 2.88. The molecule has 3 rings (SSSR count). The van der Waals surface area contributed by atoms with Gasteiger partial charge in [-0.05, 0) is 42.7 Å². The molecule has 0 saturated heterocycles. The Morgan fingerprint density at radius 1 is 1.30 bits per heavy atom. The van der Waals surface area contributed by atoms with Gasteiger partial charge in [0.1, 0.15) is 6.07 Å². The summed E-state index contributed by atoms with van der Waals surface area (Å²) in [4.78, 5) is 30.1. The number of aromatic nitrogens is 2. The summed E-state index contributed by atoms with van der Waals surface area (Å²) in [6.07, 6.45) is 0.827. The molecule has 0 fully saturated rings. The maximum absolute atomic E-state index is 13.0. The van der Waals surface area contributed by atoms with E-state index in [-0.39, 0.29) is 17.2 Å². The number of fused-ring (bicyclic) bond motifs is 1. The van der Waals surface area contributed by atoms with Gasteiger partial charge in [-0.2, -0.15) is 5.26 Å². The van der Waals surface area contributed by atoms with Crippen molar-refractivity contribution in [1.29, 1.82) is 5.26 Å². The molecule has 3 aromatic rings. The summed E-state index contributed by atoms with van der Waals surface area (Å²) < 4.78 is 1.64. The van der Waals surface area contributed by atoms with Gasteiger partial charge in [0.2, 0.25) is 5.91 Å². The summed E-state index contributed by atoms with van der Waals surface area (Å²) in [5.41, 5.74) is 1.19. The fourth-order valence-corrected chi connectivity index (χ4v) is 3.87. The second-order valence-electron chi connectivity index (χ2n) is 7.19. The highest BCUT2D eigenvalue weighted by Crippen LogP contribution is 2.22. The summed E-state index contributed by atoms with van der Waals surface area (Å²) in [6, 6.07) is 13.9. The maximum Gasteiger partial charge on any atom is 0.262 e. The van der Waals surface area contributed by atoms with E-state index in [1.54, 1.807) is 28.8 Å². The molecule has 0 aliphatic heterocycles. The van der Waals surface area contributed by atoms with E-state index in [0.29, 0.717) is 44.8 Å². The number of hydrogen-bond donors (Lipinski definition) is 1. The standard InChI is InChI=1S/C22H21ClN4O2S/c1-14(2)9-10-27-21(29)17-5-3-4-6-18(17)26-22(27)30-13-20(28)25-19-11-16(23)8-7-15(19)12-24/h3-8,11,14H,9-10,13H2,1-2H3,(H,25,28). The van der Waals surface area contributed by atoms with Crippen molar-refractivity contribution in [3.8, 4) is 6.07 Å². The second-order valence-corrected chi connectivity index (χ2v) is 8.57. The Morgan fingerprint density at radius 2 is 2.07 bits per heavy atom. The van der Waals surface area contributed by atoms with Gasteiger partial charge in [0.15, 0.2) is 5.16 Å². The van der Waals surface area contributed by atoms with Gasteiger partial charge in [-0.15, -0.1) is 0 Å². The van der Waals surface area contributed by atoms with Crippen molar-refractivity contribution in [3.63, 3.8) is 0 Å². The van der Waals surface area contributed by atoms with Crippen LogP contribution >= 0.6 is 23.4 Å². The lowest BCUT2D eigenvalue weighted by Crippen LogP contribution is -2.25. The Balaban J connectivity index is 1.83. The Hall–Kier alpha value is -2.82. The highest BCUT2D eigenvalue weighted by molar-refractivity contribution is 7.99. The SMILES string of the molecule is CC(C)CCn1c(SCC(=O)Nc2cc(Cl)ccc2C#N)nc2ccccc2c1=O. The number of nitrogens with zero attached hydrogens (tertiary/aromatic N) is 3. The zero-order valence-electron chi connectivity index (χ0n) is 16.7. The molecule has 1 heterocycles. The molecule has 6 nitrogen and oxygen atoms in total. The van der Waals surface area contributed by atoms with Gasteiger partial charge in [0.05, 0.1) is 27.9 Å². The van der Waals surface area contributed by atoms with Gasteiger partial charge in [-0.3, -0.25) is 14.2 Å². The summed E-state index contributed by atoms with van der Waals surface area (Å²) in [5, 5.41) is 13.4. The van der Waals surface area contributed by atoms with E-state index in [0.717, 1.165) is 6.42 Å². The number of halogens is 1. The maximum atomic E-state index is 13.0. The highest BCUT2D eigenvalue weighted by atomic mass is 35.5. The van der Waals surface area contributed by atoms with Crippen LogP contribution in [-0.2, 0) is 11.3 Å². The number of para-hydroxylation sites is 1. The molecule has 1 N–H and O–H groups in total.